The Balaban J connectivity index is 2.31. The SMILES string of the molecule is CCCCn1c(=O)n(CCCC)c2cc3c(=O)[nH]cnc3cc21. The maximum atomic E-state index is 12.8. The number of nitrogens with zero attached hydrogens (tertiary/aromatic N) is 3. The lowest BCUT2D eigenvalue weighted by Crippen LogP contribution is -2.24. The standard InChI is InChI=1S/C17H22N4O2/c1-3-5-7-20-14-9-12-13(18-11-19-16(12)22)10-15(14)21(17(20)23)8-6-4-2/h9-11H,3-8H2,1-2H3,(H,18,19,22). The van der Waals surface area contributed by atoms with Crippen LogP contribution in [-0.4, -0.2) is 19.1 Å². The molecule has 0 spiro atoms. The molecule has 0 aliphatic rings. The summed E-state index contributed by atoms with van der Waals surface area (Å²) in [6, 6.07) is 3.66. The van der Waals surface area contributed by atoms with Crippen LogP contribution in [0.5, 0.6) is 0 Å². The number of nitrogens with one attached hydrogen (secondary N) is 1. The van der Waals surface area contributed by atoms with Crippen molar-refractivity contribution in [1.82, 2.24) is 19.1 Å². The van der Waals surface area contributed by atoms with Gasteiger partial charge in [0.15, 0.2) is 0 Å². The molecule has 0 unspecified atom stereocenters. The highest BCUT2D eigenvalue weighted by atomic mass is 16.1. The molecule has 3 rings (SSSR count). The van der Waals surface area contributed by atoms with E-state index in [0.717, 1.165) is 36.7 Å². The summed E-state index contributed by atoms with van der Waals surface area (Å²) in [7, 11) is 0. The zero-order chi connectivity index (χ0) is 16.4. The first kappa shape index (κ1) is 15.5. The predicted octanol–water partition coefficient (Wildman–Crippen LogP) is 2.64. The lowest BCUT2D eigenvalue weighted by molar-refractivity contribution is 0.574. The number of unbranched alkanes of at least 4 members (excludes halogenated alkanes) is 2. The second-order valence-electron chi connectivity index (χ2n) is 5.88. The Kier molecular flexibility index (Phi) is 4.32. The van der Waals surface area contributed by atoms with E-state index in [9.17, 15) is 9.59 Å². The zero-order valence-corrected chi connectivity index (χ0v) is 13.6. The minimum Gasteiger partial charge on any atom is -0.313 e. The Morgan fingerprint density at radius 3 is 2.22 bits per heavy atom. The Labute approximate surface area is 133 Å². The van der Waals surface area contributed by atoms with Crippen LogP contribution in [0.4, 0.5) is 0 Å². The van der Waals surface area contributed by atoms with Crippen molar-refractivity contribution >= 4 is 21.9 Å². The molecule has 6 heteroatoms. The van der Waals surface area contributed by atoms with E-state index in [0.29, 0.717) is 24.0 Å². The quantitative estimate of drug-likeness (QED) is 0.760. The summed E-state index contributed by atoms with van der Waals surface area (Å²) in [5, 5.41) is 0.526. The van der Waals surface area contributed by atoms with E-state index in [-0.39, 0.29) is 11.2 Å². The van der Waals surface area contributed by atoms with Gasteiger partial charge >= 0.3 is 5.69 Å². The van der Waals surface area contributed by atoms with Gasteiger partial charge in [-0.15, -0.1) is 0 Å². The fourth-order valence-corrected chi connectivity index (χ4v) is 2.94. The van der Waals surface area contributed by atoms with Gasteiger partial charge in [0.1, 0.15) is 0 Å². The highest BCUT2D eigenvalue weighted by Gasteiger charge is 2.15. The van der Waals surface area contributed by atoms with Crippen molar-refractivity contribution in [2.24, 2.45) is 0 Å². The van der Waals surface area contributed by atoms with Crippen LogP contribution in [0, 0.1) is 0 Å². The highest BCUT2D eigenvalue weighted by molar-refractivity contribution is 5.92. The van der Waals surface area contributed by atoms with Gasteiger partial charge in [0, 0.05) is 13.1 Å². The molecule has 0 amide bonds. The van der Waals surface area contributed by atoms with E-state index < -0.39 is 0 Å². The molecule has 0 radical (unpaired) electrons. The number of rotatable bonds is 6. The summed E-state index contributed by atoms with van der Waals surface area (Å²) < 4.78 is 3.61. The number of H-pyrrole nitrogens is 1. The van der Waals surface area contributed by atoms with Gasteiger partial charge in [0.2, 0.25) is 0 Å². The van der Waals surface area contributed by atoms with Crippen LogP contribution < -0.4 is 11.2 Å². The first-order valence-electron chi connectivity index (χ1n) is 8.27. The number of imidazole rings is 1. The second kappa shape index (κ2) is 6.40. The van der Waals surface area contributed by atoms with Gasteiger partial charge in [0.05, 0.1) is 28.3 Å². The number of aromatic amines is 1. The molecule has 3 aromatic rings. The molecular formula is C17H22N4O2. The Hall–Kier alpha value is -2.37. The van der Waals surface area contributed by atoms with E-state index in [1.807, 2.05) is 10.6 Å². The van der Waals surface area contributed by atoms with Crippen molar-refractivity contribution < 1.29 is 0 Å². The number of aromatic nitrogens is 4. The molecule has 2 aromatic heterocycles. The average Bonchev–Trinajstić information content (AvgIpc) is 2.80. The number of hydrogen-bond donors (Lipinski definition) is 1. The maximum Gasteiger partial charge on any atom is 0.329 e. The monoisotopic (exact) mass is 314 g/mol. The van der Waals surface area contributed by atoms with E-state index in [2.05, 4.69) is 23.8 Å². The van der Waals surface area contributed by atoms with Gasteiger partial charge in [-0.2, -0.15) is 0 Å². The van der Waals surface area contributed by atoms with Gasteiger partial charge in [-0.25, -0.2) is 9.78 Å². The summed E-state index contributed by atoms with van der Waals surface area (Å²) in [5.74, 6) is 0. The van der Waals surface area contributed by atoms with Crippen LogP contribution in [-0.2, 0) is 13.1 Å². The molecule has 0 saturated carbocycles. The van der Waals surface area contributed by atoms with Crippen LogP contribution in [0.2, 0.25) is 0 Å². The minimum atomic E-state index is -0.173. The normalized spacial score (nSPS) is 11.6. The van der Waals surface area contributed by atoms with Crippen LogP contribution >= 0.6 is 0 Å². The number of aryl methyl sites for hydroxylation is 2. The first-order chi connectivity index (χ1) is 11.2. The van der Waals surface area contributed by atoms with Crippen molar-refractivity contribution in [3.05, 3.63) is 39.3 Å². The van der Waals surface area contributed by atoms with E-state index in [1.165, 1.54) is 6.33 Å². The molecule has 122 valence electrons. The predicted molar refractivity (Wildman–Crippen MR) is 91.9 cm³/mol. The van der Waals surface area contributed by atoms with Crippen LogP contribution in [0.25, 0.3) is 21.9 Å². The summed E-state index contributed by atoms with van der Waals surface area (Å²) >= 11 is 0. The molecule has 1 N–H and O–H groups in total. The third kappa shape index (κ3) is 2.69. The number of hydrogen-bond acceptors (Lipinski definition) is 3. The lowest BCUT2D eigenvalue weighted by Gasteiger charge is -2.03. The Morgan fingerprint density at radius 1 is 1.00 bits per heavy atom. The second-order valence-corrected chi connectivity index (χ2v) is 5.88. The molecule has 0 aliphatic heterocycles. The van der Waals surface area contributed by atoms with E-state index in [4.69, 9.17) is 0 Å². The number of fused-ring (bicyclic) bond motifs is 2. The zero-order valence-electron chi connectivity index (χ0n) is 13.6. The van der Waals surface area contributed by atoms with E-state index >= 15 is 0 Å². The van der Waals surface area contributed by atoms with Crippen LogP contribution in [0.3, 0.4) is 0 Å². The molecular weight excluding hydrogens is 292 g/mol. The molecule has 1 aromatic carbocycles. The van der Waals surface area contributed by atoms with Crippen molar-refractivity contribution in [3.8, 4) is 0 Å². The van der Waals surface area contributed by atoms with Gasteiger partial charge in [-0.05, 0) is 25.0 Å². The van der Waals surface area contributed by atoms with Crippen LogP contribution in [0.15, 0.2) is 28.0 Å². The van der Waals surface area contributed by atoms with Crippen molar-refractivity contribution in [2.75, 3.05) is 0 Å². The topological polar surface area (TPSA) is 72.7 Å². The third-order valence-electron chi connectivity index (χ3n) is 4.25. The van der Waals surface area contributed by atoms with E-state index in [1.54, 1.807) is 10.6 Å². The van der Waals surface area contributed by atoms with Gasteiger partial charge in [-0.1, -0.05) is 26.7 Å². The van der Waals surface area contributed by atoms with Crippen molar-refractivity contribution in [2.45, 2.75) is 52.6 Å². The molecule has 0 aliphatic carbocycles. The van der Waals surface area contributed by atoms with Crippen molar-refractivity contribution in [3.63, 3.8) is 0 Å². The number of benzene rings is 1. The Bertz CT molecular complexity index is 949. The smallest absolute Gasteiger partial charge is 0.313 e. The molecule has 0 atom stereocenters. The van der Waals surface area contributed by atoms with Gasteiger partial charge < -0.3 is 4.98 Å². The minimum absolute atomic E-state index is 0.00800. The van der Waals surface area contributed by atoms with Gasteiger partial charge in [-0.3, -0.25) is 13.9 Å². The summed E-state index contributed by atoms with van der Waals surface area (Å²) in [6.07, 6.45) is 5.34. The molecule has 23 heavy (non-hydrogen) atoms. The summed E-state index contributed by atoms with van der Waals surface area (Å²) in [5.41, 5.74) is 2.15. The van der Waals surface area contributed by atoms with Gasteiger partial charge in [0.25, 0.3) is 5.56 Å². The van der Waals surface area contributed by atoms with Crippen molar-refractivity contribution in [1.29, 1.82) is 0 Å². The average molecular weight is 314 g/mol. The molecule has 0 fully saturated rings. The summed E-state index contributed by atoms with van der Waals surface area (Å²) in [6.45, 7) is 5.58. The fourth-order valence-electron chi connectivity index (χ4n) is 2.94. The first-order valence-corrected chi connectivity index (χ1v) is 8.27. The molecule has 0 saturated heterocycles. The fraction of sp³-hybridized carbons (Fsp3) is 0.471. The van der Waals surface area contributed by atoms with Crippen LogP contribution in [0.1, 0.15) is 39.5 Å². The molecule has 2 heterocycles. The third-order valence-corrected chi connectivity index (χ3v) is 4.25. The highest BCUT2D eigenvalue weighted by Crippen LogP contribution is 2.19. The molecule has 6 nitrogen and oxygen atoms in total. The largest absolute Gasteiger partial charge is 0.329 e. The maximum absolute atomic E-state index is 12.8. The Morgan fingerprint density at radius 2 is 1.61 bits per heavy atom. The summed E-state index contributed by atoms with van der Waals surface area (Å²) in [4.78, 5) is 31.6. The molecule has 0 bridgehead atoms. The lowest BCUT2D eigenvalue weighted by atomic mass is 10.2.